The van der Waals surface area contributed by atoms with Crippen LogP contribution in [0.25, 0.3) is 0 Å². The predicted octanol–water partition coefficient (Wildman–Crippen LogP) is 4.72. The fraction of sp³-hybridized carbons (Fsp3) is 0.304. The molecule has 0 aliphatic heterocycles. The molecule has 3 aromatic rings. The van der Waals surface area contributed by atoms with E-state index >= 15 is 0 Å². The van der Waals surface area contributed by atoms with Crippen molar-refractivity contribution in [2.75, 3.05) is 13.2 Å². The summed E-state index contributed by atoms with van der Waals surface area (Å²) in [4.78, 5) is 12.5. The Kier molecular flexibility index (Phi) is 6.54. The van der Waals surface area contributed by atoms with Gasteiger partial charge in [-0.15, -0.1) is 0 Å². The van der Waals surface area contributed by atoms with Crippen LogP contribution in [0.3, 0.4) is 0 Å². The van der Waals surface area contributed by atoms with Crippen LogP contribution in [0.1, 0.15) is 38.5 Å². The van der Waals surface area contributed by atoms with E-state index in [0.717, 1.165) is 28.1 Å². The zero-order valence-corrected chi connectivity index (χ0v) is 17.2. The highest BCUT2D eigenvalue weighted by molar-refractivity contribution is 5.92. The first kappa shape index (κ1) is 20.5. The molecule has 0 radical (unpaired) electrons. The number of hydrogen-bond donors (Lipinski definition) is 0. The fourth-order valence-electron chi connectivity index (χ4n) is 3.00. The van der Waals surface area contributed by atoms with Gasteiger partial charge >= 0.3 is 5.97 Å². The fourth-order valence-corrected chi connectivity index (χ4v) is 3.00. The van der Waals surface area contributed by atoms with Gasteiger partial charge in [-0.05, 0) is 51.0 Å². The lowest BCUT2D eigenvalue weighted by Gasteiger charge is -2.13. The van der Waals surface area contributed by atoms with Crippen molar-refractivity contribution in [2.45, 2.75) is 34.3 Å². The Hall–Kier alpha value is -3.28. The summed E-state index contributed by atoms with van der Waals surface area (Å²) < 4.78 is 22.1. The summed E-state index contributed by atoms with van der Waals surface area (Å²) in [5, 5.41) is 3.91. The maximum atomic E-state index is 12.5. The Morgan fingerprint density at radius 2 is 1.66 bits per heavy atom. The quantitative estimate of drug-likeness (QED) is 0.406. The van der Waals surface area contributed by atoms with Crippen LogP contribution in [-0.2, 0) is 11.3 Å². The normalized spacial score (nSPS) is 10.6. The maximum Gasteiger partial charge on any atom is 0.342 e. The number of ether oxygens (including phenoxy) is 3. The molecule has 2 aromatic carbocycles. The van der Waals surface area contributed by atoms with Crippen molar-refractivity contribution in [1.29, 1.82) is 0 Å². The molecule has 0 unspecified atom stereocenters. The second kappa shape index (κ2) is 9.28. The average molecular weight is 395 g/mol. The number of aryl methyl sites for hydroxylation is 4. The molecule has 0 N–H and O–H groups in total. The van der Waals surface area contributed by atoms with Crippen molar-refractivity contribution in [2.24, 2.45) is 0 Å². The molecule has 1 heterocycles. The molecule has 0 bridgehead atoms. The molecule has 0 atom stereocenters. The second-order valence-corrected chi connectivity index (χ2v) is 6.79. The Balaban J connectivity index is 1.57. The summed E-state index contributed by atoms with van der Waals surface area (Å²) in [6.07, 6.45) is 0. The minimum absolute atomic E-state index is 0.144. The Morgan fingerprint density at radius 1 is 0.931 bits per heavy atom. The van der Waals surface area contributed by atoms with Gasteiger partial charge in [-0.1, -0.05) is 35.5 Å². The van der Waals surface area contributed by atoms with Crippen molar-refractivity contribution in [3.63, 3.8) is 0 Å². The van der Waals surface area contributed by atoms with Crippen molar-refractivity contribution < 1.29 is 23.5 Å². The van der Waals surface area contributed by atoms with Crippen molar-refractivity contribution in [3.8, 4) is 11.5 Å². The number of aromatic nitrogens is 1. The van der Waals surface area contributed by atoms with Crippen LogP contribution >= 0.6 is 0 Å². The standard InChI is InChI=1S/C23H25NO5/c1-15-8-7-9-16(2)22(15)26-12-13-27-23(25)19-10-5-6-11-21(19)28-14-20-17(3)24-29-18(20)4/h5-11H,12-14H2,1-4H3. The summed E-state index contributed by atoms with van der Waals surface area (Å²) in [6.45, 7) is 8.34. The van der Waals surface area contributed by atoms with Crippen LogP contribution in [0.15, 0.2) is 47.0 Å². The molecule has 0 saturated carbocycles. The Labute approximate surface area is 170 Å². The van der Waals surface area contributed by atoms with E-state index in [-0.39, 0.29) is 19.8 Å². The Bertz CT molecular complexity index is 953. The van der Waals surface area contributed by atoms with E-state index in [1.54, 1.807) is 18.2 Å². The van der Waals surface area contributed by atoms with Crippen molar-refractivity contribution >= 4 is 5.97 Å². The summed E-state index contributed by atoms with van der Waals surface area (Å²) in [6, 6.07) is 13.0. The molecular weight excluding hydrogens is 370 g/mol. The Morgan fingerprint density at radius 3 is 2.34 bits per heavy atom. The van der Waals surface area contributed by atoms with E-state index in [9.17, 15) is 4.79 Å². The highest BCUT2D eigenvalue weighted by atomic mass is 16.6. The lowest BCUT2D eigenvalue weighted by atomic mass is 10.1. The zero-order chi connectivity index (χ0) is 20.8. The molecule has 0 fully saturated rings. The molecule has 0 saturated heterocycles. The number of carbonyl (C=O) groups excluding carboxylic acids is 1. The first-order chi connectivity index (χ1) is 14.0. The molecule has 152 valence electrons. The highest BCUT2D eigenvalue weighted by Gasteiger charge is 2.16. The third-order valence-corrected chi connectivity index (χ3v) is 4.63. The van der Waals surface area contributed by atoms with Crippen LogP contribution in [0, 0.1) is 27.7 Å². The number of nitrogens with zero attached hydrogens (tertiary/aromatic N) is 1. The van der Waals surface area contributed by atoms with E-state index in [0.29, 0.717) is 17.1 Å². The van der Waals surface area contributed by atoms with Gasteiger partial charge in [-0.2, -0.15) is 0 Å². The lowest BCUT2D eigenvalue weighted by molar-refractivity contribution is 0.0445. The van der Waals surface area contributed by atoms with Gasteiger partial charge < -0.3 is 18.7 Å². The minimum atomic E-state index is -0.454. The lowest BCUT2D eigenvalue weighted by Crippen LogP contribution is -2.14. The van der Waals surface area contributed by atoms with Crippen LogP contribution in [0.2, 0.25) is 0 Å². The van der Waals surface area contributed by atoms with Gasteiger partial charge in [-0.3, -0.25) is 0 Å². The largest absolute Gasteiger partial charge is 0.489 e. The molecule has 29 heavy (non-hydrogen) atoms. The minimum Gasteiger partial charge on any atom is -0.489 e. The van der Waals surface area contributed by atoms with Crippen LogP contribution in [-0.4, -0.2) is 24.3 Å². The van der Waals surface area contributed by atoms with E-state index in [2.05, 4.69) is 5.16 Å². The molecule has 1 aromatic heterocycles. The topological polar surface area (TPSA) is 70.8 Å². The number of esters is 1. The first-order valence-electron chi connectivity index (χ1n) is 9.47. The summed E-state index contributed by atoms with van der Waals surface area (Å²) >= 11 is 0. The van der Waals surface area contributed by atoms with E-state index in [4.69, 9.17) is 18.7 Å². The number of carbonyl (C=O) groups is 1. The van der Waals surface area contributed by atoms with Crippen molar-refractivity contribution in [3.05, 3.63) is 76.2 Å². The van der Waals surface area contributed by atoms with E-state index in [1.165, 1.54) is 0 Å². The van der Waals surface area contributed by atoms with Gasteiger partial charge in [0.2, 0.25) is 0 Å². The SMILES string of the molecule is Cc1cccc(C)c1OCCOC(=O)c1ccccc1OCc1c(C)noc1C. The van der Waals surface area contributed by atoms with Gasteiger partial charge in [0.1, 0.15) is 42.6 Å². The van der Waals surface area contributed by atoms with Gasteiger partial charge in [0.15, 0.2) is 0 Å². The van der Waals surface area contributed by atoms with E-state index in [1.807, 2.05) is 52.0 Å². The molecule has 0 aliphatic carbocycles. The van der Waals surface area contributed by atoms with E-state index < -0.39 is 5.97 Å². The monoisotopic (exact) mass is 395 g/mol. The molecule has 0 amide bonds. The summed E-state index contributed by atoms with van der Waals surface area (Å²) in [7, 11) is 0. The number of benzene rings is 2. The smallest absolute Gasteiger partial charge is 0.342 e. The van der Waals surface area contributed by atoms with Gasteiger partial charge in [0.05, 0.1) is 11.3 Å². The number of rotatable bonds is 8. The van der Waals surface area contributed by atoms with Crippen molar-refractivity contribution in [1.82, 2.24) is 5.16 Å². The molecule has 6 heteroatoms. The van der Waals surface area contributed by atoms with Gasteiger partial charge in [0.25, 0.3) is 0 Å². The first-order valence-corrected chi connectivity index (χ1v) is 9.47. The van der Waals surface area contributed by atoms with Crippen LogP contribution in [0.4, 0.5) is 0 Å². The van der Waals surface area contributed by atoms with Gasteiger partial charge in [-0.25, -0.2) is 4.79 Å². The number of para-hydroxylation sites is 2. The third kappa shape index (κ3) is 4.96. The zero-order valence-electron chi connectivity index (χ0n) is 17.2. The summed E-state index contributed by atoms with van der Waals surface area (Å²) in [5.41, 5.74) is 4.11. The summed E-state index contributed by atoms with van der Waals surface area (Å²) in [5.74, 6) is 1.52. The number of hydrogen-bond acceptors (Lipinski definition) is 6. The molecule has 3 rings (SSSR count). The maximum absolute atomic E-state index is 12.5. The van der Waals surface area contributed by atoms with Crippen LogP contribution < -0.4 is 9.47 Å². The van der Waals surface area contributed by atoms with Crippen LogP contribution in [0.5, 0.6) is 11.5 Å². The molecular formula is C23H25NO5. The molecule has 6 nitrogen and oxygen atoms in total. The highest BCUT2D eigenvalue weighted by Crippen LogP contribution is 2.23. The predicted molar refractivity (Wildman–Crippen MR) is 108 cm³/mol. The van der Waals surface area contributed by atoms with Gasteiger partial charge in [0, 0.05) is 0 Å². The molecule has 0 aliphatic rings. The third-order valence-electron chi connectivity index (χ3n) is 4.63. The second-order valence-electron chi connectivity index (χ2n) is 6.79. The average Bonchev–Trinajstić information content (AvgIpc) is 3.03. The molecule has 0 spiro atoms.